The van der Waals surface area contributed by atoms with E-state index < -0.39 is 0 Å². The van der Waals surface area contributed by atoms with E-state index >= 15 is 0 Å². The summed E-state index contributed by atoms with van der Waals surface area (Å²) in [6, 6.07) is 6.02. The monoisotopic (exact) mass is 241 g/mol. The molecule has 2 rings (SSSR count). The molecule has 0 bridgehead atoms. The summed E-state index contributed by atoms with van der Waals surface area (Å²) in [6.45, 7) is 0. The Morgan fingerprint density at radius 3 is 2.53 bits per heavy atom. The van der Waals surface area contributed by atoms with Crippen LogP contribution in [0.2, 0.25) is 10.2 Å². The second-order valence-corrected chi connectivity index (χ2v) is 3.59. The third-order valence-electron chi connectivity index (χ3n) is 1.74. The number of hydrogen-bond acceptors (Lipinski definition) is 3. The van der Waals surface area contributed by atoms with Crippen molar-refractivity contribution in [2.24, 2.45) is 0 Å². The first-order valence-electron chi connectivity index (χ1n) is 4.04. The first-order valence-corrected chi connectivity index (χ1v) is 4.80. The molecule has 2 heterocycles. The van der Waals surface area contributed by atoms with Crippen molar-refractivity contribution >= 4 is 23.2 Å². The minimum absolute atomic E-state index is 0.226. The van der Waals surface area contributed by atoms with Gasteiger partial charge < -0.3 is 0 Å². The Morgan fingerprint density at radius 2 is 1.87 bits per heavy atom. The highest BCUT2D eigenvalue weighted by Crippen LogP contribution is 2.08. The van der Waals surface area contributed by atoms with Gasteiger partial charge >= 0.3 is 0 Å². The zero-order valence-corrected chi connectivity index (χ0v) is 8.90. The normalized spacial score (nSPS) is 10.3. The van der Waals surface area contributed by atoms with Crippen molar-refractivity contribution in [2.75, 3.05) is 0 Å². The van der Waals surface area contributed by atoms with Gasteiger partial charge in [0.2, 0.25) is 0 Å². The highest BCUT2D eigenvalue weighted by Gasteiger charge is 2.02. The summed E-state index contributed by atoms with van der Waals surface area (Å²) in [5.41, 5.74) is -0.226. The van der Waals surface area contributed by atoms with E-state index in [0.717, 1.165) is 0 Å². The fourth-order valence-corrected chi connectivity index (χ4v) is 1.34. The lowest BCUT2D eigenvalue weighted by molar-refractivity contribution is 0.882. The lowest BCUT2D eigenvalue weighted by atomic mass is 10.4. The highest BCUT2D eigenvalue weighted by atomic mass is 35.5. The van der Waals surface area contributed by atoms with Crippen molar-refractivity contribution in [1.29, 1.82) is 0 Å². The van der Waals surface area contributed by atoms with E-state index in [1.54, 1.807) is 12.1 Å². The van der Waals surface area contributed by atoms with E-state index in [2.05, 4.69) is 10.2 Å². The number of aromatic nitrogens is 3. The van der Waals surface area contributed by atoms with E-state index in [4.69, 9.17) is 23.2 Å². The number of pyridine rings is 1. The summed E-state index contributed by atoms with van der Waals surface area (Å²) in [4.78, 5) is 11.5. The zero-order chi connectivity index (χ0) is 10.8. The van der Waals surface area contributed by atoms with Crippen molar-refractivity contribution in [2.45, 2.75) is 0 Å². The lowest BCUT2D eigenvalue weighted by Crippen LogP contribution is -2.17. The van der Waals surface area contributed by atoms with Gasteiger partial charge in [-0.2, -0.15) is 0 Å². The van der Waals surface area contributed by atoms with Gasteiger partial charge in [-0.3, -0.25) is 9.36 Å². The number of hydrogen-bond donors (Lipinski definition) is 0. The van der Waals surface area contributed by atoms with Crippen LogP contribution in [0.25, 0.3) is 5.82 Å². The van der Waals surface area contributed by atoms with Crippen molar-refractivity contribution in [1.82, 2.24) is 14.8 Å². The molecule has 4 nitrogen and oxygen atoms in total. The third-order valence-corrected chi connectivity index (χ3v) is 2.16. The molecule has 0 aromatic carbocycles. The minimum Gasteiger partial charge on any atom is -0.269 e. The second kappa shape index (κ2) is 4.00. The fraction of sp³-hybridized carbons (Fsp3) is 0. The summed E-state index contributed by atoms with van der Waals surface area (Å²) in [5.74, 6) is 0.381. The molecule has 0 saturated heterocycles. The molecule has 0 radical (unpaired) electrons. The molecule has 0 fully saturated rings. The Morgan fingerprint density at radius 1 is 1.07 bits per heavy atom. The van der Waals surface area contributed by atoms with Crippen LogP contribution in [0, 0.1) is 0 Å². The van der Waals surface area contributed by atoms with Gasteiger partial charge in [0.05, 0.1) is 5.02 Å². The maximum Gasteiger partial charge on any atom is 0.256 e. The fourth-order valence-electron chi connectivity index (χ4n) is 1.08. The number of halogens is 2. The van der Waals surface area contributed by atoms with Crippen LogP contribution >= 0.6 is 23.2 Å². The van der Waals surface area contributed by atoms with E-state index in [1.165, 1.54) is 22.9 Å². The maximum absolute atomic E-state index is 11.5. The van der Waals surface area contributed by atoms with Gasteiger partial charge in [-0.15, -0.1) is 10.2 Å². The summed E-state index contributed by atoms with van der Waals surface area (Å²) in [5, 5.41) is 8.13. The van der Waals surface area contributed by atoms with E-state index in [-0.39, 0.29) is 10.7 Å². The average Bonchev–Trinajstić information content (AvgIpc) is 2.23. The molecule has 0 aliphatic heterocycles. The van der Waals surface area contributed by atoms with Gasteiger partial charge in [-0.1, -0.05) is 23.2 Å². The topological polar surface area (TPSA) is 47.8 Å². The standard InChI is InChI=1S/C9H5Cl2N3O/c10-6-1-4-9(15)14(5-6)8-3-2-7(11)12-13-8/h1-5H. The number of nitrogens with zero attached hydrogens (tertiary/aromatic N) is 3. The molecule has 0 N–H and O–H groups in total. The number of rotatable bonds is 1. The summed E-state index contributed by atoms with van der Waals surface area (Å²) in [7, 11) is 0. The van der Waals surface area contributed by atoms with Crippen molar-refractivity contribution < 1.29 is 0 Å². The van der Waals surface area contributed by atoms with Crippen LogP contribution < -0.4 is 5.56 Å². The third kappa shape index (κ3) is 2.16. The maximum atomic E-state index is 11.5. The molecular formula is C9H5Cl2N3O. The Kier molecular flexibility index (Phi) is 2.70. The molecule has 0 saturated carbocycles. The van der Waals surface area contributed by atoms with Crippen LogP contribution in [0.4, 0.5) is 0 Å². The van der Waals surface area contributed by atoms with Gasteiger partial charge in [0.1, 0.15) is 0 Å². The van der Waals surface area contributed by atoms with Gasteiger partial charge in [0, 0.05) is 12.3 Å². The molecule has 0 spiro atoms. The predicted octanol–water partition coefficient (Wildman–Crippen LogP) is 1.93. The second-order valence-electron chi connectivity index (χ2n) is 2.77. The molecule has 0 aliphatic carbocycles. The van der Waals surface area contributed by atoms with Crippen LogP contribution in [-0.4, -0.2) is 14.8 Å². The molecule has 0 atom stereocenters. The van der Waals surface area contributed by atoms with Crippen LogP contribution in [0.5, 0.6) is 0 Å². The first-order chi connectivity index (χ1) is 7.16. The lowest BCUT2D eigenvalue weighted by Gasteiger charge is -2.02. The van der Waals surface area contributed by atoms with Crippen molar-refractivity contribution in [3.8, 4) is 5.82 Å². The zero-order valence-electron chi connectivity index (χ0n) is 7.39. The summed E-state index contributed by atoms with van der Waals surface area (Å²) < 4.78 is 1.30. The van der Waals surface area contributed by atoms with Crippen molar-refractivity contribution in [3.05, 3.63) is 51.0 Å². The molecule has 2 aromatic rings. The Balaban J connectivity index is 2.58. The molecule has 0 aliphatic rings. The minimum atomic E-state index is -0.226. The van der Waals surface area contributed by atoms with E-state index in [1.807, 2.05) is 0 Å². The van der Waals surface area contributed by atoms with Crippen molar-refractivity contribution in [3.63, 3.8) is 0 Å². The Hall–Kier alpha value is -1.39. The van der Waals surface area contributed by atoms with Gasteiger partial charge in [0.15, 0.2) is 11.0 Å². The molecule has 0 unspecified atom stereocenters. The molecule has 0 amide bonds. The van der Waals surface area contributed by atoms with Gasteiger partial charge in [-0.05, 0) is 18.2 Å². The van der Waals surface area contributed by atoms with E-state index in [9.17, 15) is 4.79 Å². The first kappa shape index (κ1) is 10.1. The smallest absolute Gasteiger partial charge is 0.256 e. The molecule has 76 valence electrons. The molecule has 15 heavy (non-hydrogen) atoms. The SMILES string of the molecule is O=c1ccc(Cl)cn1-c1ccc(Cl)nn1. The Bertz CT molecular complexity index is 536. The van der Waals surface area contributed by atoms with Crippen LogP contribution in [0.1, 0.15) is 0 Å². The summed E-state index contributed by atoms with van der Waals surface area (Å²) >= 11 is 11.3. The van der Waals surface area contributed by atoms with Crippen LogP contribution in [0.15, 0.2) is 35.3 Å². The predicted molar refractivity (Wildman–Crippen MR) is 57.6 cm³/mol. The summed E-state index contributed by atoms with van der Waals surface area (Å²) in [6.07, 6.45) is 1.47. The molecule has 6 heteroatoms. The van der Waals surface area contributed by atoms with Gasteiger partial charge in [-0.25, -0.2) is 0 Å². The van der Waals surface area contributed by atoms with Gasteiger partial charge in [0.25, 0.3) is 5.56 Å². The van der Waals surface area contributed by atoms with Crippen LogP contribution in [0.3, 0.4) is 0 Å². The highest BCUT2D eigenvalue weighted by molar-refractivity contribution is 6.30. The molecular weight excluding hydrogens is 237 g/mol. The quantitative estimate of drug-likeness (QED) is 0.767. The largest absolute Gasteiger partial charge is 0.269 e. The van der Waals surface area contributed by atoms with E-state index in [0.29, 0.717) is 10.8 Å². The molecule has 2 aromatic heterocycles. The average molecular weight is 242 g/mol. The van der Waals surface area contributed by atoms with Crippen LogP contribution in [-0.2, 0) is 0 Å². The Labute approximate surface area is 95.1 Å².